The van der Waals surface area contributed by atoms with E-state index in [1.807, 2.05) is 34.9 Å². The van der Waals surface area contributed by atoms with Gasteiger partial charge in [-0.25, -0.2) is 4.98 Å². The van der Waals surface area contributed by atoms with Crippen LogP contribution in [0.2, 0.25) is 10.0 Å². The molecule has 0 aliphatic rings. The molecule has 0 aliphatic heterocycles. The summed E-state index contributed by atoms with van der Waals surface area (Å²) in [6, 6.07) is 11.2. The third kappa shape index (κ3) is 2.58. The zero-order chi connectivity index (χ0) is 15.0. The number of nitrogens with zero attached hydrogens (tertiary/aromatic N) is 2. The van der Waals surface area contributed by atoms with Crippen molar-refractivity contribution in [2.45, 2.75) is 6.54 Å². The van der Waals surface area contributed by atoms with Crippen LogP contribution in [0.1, 0.15) is 0 Å². The Labute approximate surface area is 132 Å². The Balaban J connectivity index is 2.28. The fourth-order valence-electron chi connectivity index (χ4n) is 2.37. The fraction of sp³-hybridized carbons (Fsp3) is 0.133. The van der Waals surface area contributed by atoms with E-state index in [1.54, 1.807) is 6.07 Å². The van der Waals surface area contributed by atoms with Crippen molar-refractivity contribution in [1.29, 1.82) is 0 Å². The molecule has 0 bridgehead atoms. The van der Waals surface area contributed by atoms with E-state index in [-0.39, 0.29) is 0 Å². The molecule has 2 aromatic carbocycles. The number of hydrogen-bond acceptors (Lipinski definition) is 3. The molecule has 0 atom stereocenters. The Hall–Kier alpha value is -1.75. The fourth-order valence-corrected chi connectivity index (χ4v) is 2.69. The highest BCUT2D eigenvalue weighted by Gasteiger charge is 2.14. The number of aromatic nitrogens is 2. The normalized spacial score (nSPS) is 11.2. The van der Waals surface area contributed by atoms with Crippen molar-refractivity contribution in [2.24, 2.45) is 5.73 Å². The van der Waals surface area contributed by atoms with Crippen LogP contribution in [0.15, 0.2) is 36.4 Å². The zero-order valence-electron chi connectivity index (χ0n) is 11.2. The Morgan fingerprint density at radius 2 is 1.86 bits per heavy atom. The molecule has 4 N–H and O–H groups in total. The van der Waals surface area contributed by atoms with E-state index in [0.29, 0.717) is 28.8 Å². The summed E-state index contributed by atoms with van der Waals surface area (Å²) in [5.41, 5.74) is 14.9. The van der Waals surface area contributed by atoms with Crippen LogP contribution in [0.5, 0.6) is 0 Å². The van der Waals surface area contributed by atoms with Crippen LogP contribution in [0.3, 0.4) is 0 Å². The number of hydrogen-bond donors (Lipinski definition) is 2. The summed E-state index contributed by atoms with van der Waals surface area (Å²) in [4.78, 5) is 4.65. The van der Waals surface area contributed by atoms with Gasteiger partial charge in [-0.1, -0.05) is 35.3 Å². The quantitative estimate of drug-likeness (QED) is 0.725. The first-order valence-corrected chi connectivity index (χ1v) is 7.27. The van der Waals surface area contributed by atoms with Gasteiger partial charge in [0.25, 0.3) is 0 Å². The van der Waals surface area contributed by atoms with Gasteiger partial charge in [-0.15, -0.1) is 0 Å². The molecule has 21 heavy (non-hydrogen) atoms. The van der Waals surface area contributed by atoms with E-state index in [4.69, 9.17) is 34.7 Å². The number of halogens is 2. The lowest BCUT2D eigenvalue weighted by molar-refractivity contribution is 0.735. The highest BCUT2D eigenvalue weighted by Crippen LogP contribution is 2.31. The first-order chi connectivity index (χ1) is 10.1. The molecule has 0 radical (unpaired) electrons. The third-order valence-corrected chi connectivity index (χ3v) is 4.01. The van der Waals surface area contributed by atoms with E-state index < -0.39 is 0 Å². The summed E-state index contributed by atoms with van der Waals surface area (Å²) in [5, 5.41) is 0.988. The van der Waals surface area contributed by atoms with Gasteiger partial charge >= 0.3 is 0 Å². The molecule has 3 rings (SSSR count). The van der Waals surface area contributed by atoms with Crippen molar-refractivity contribution in [2.75, 3.05) is 12.3 Å². The first kappa shape index (κ1) is 14.2. The number of rotatable bonds is 3. The van der Waals surface area contributed by atoms with Gasteiger partial charge in [0.05, 0.1) is 21.1 Å². The third-order valence-electron chi connectivity index (χ3n) is 3.29. The molecule has 4 nitrogen and oxygen atoms in total. The summed E-state index contributed by atoms with van der Waals surface area (Å²) in [5.74, 6) is 0.807. The number of fused-ring (bicyclic) bond motifs is 1. The monoisotopic (exact) mass is 320 g/mol. The highest BCUT2D eigenvalue weighted by atomic mass is 35.5. The average molecular weight is 321 g/mol. The van der Waals surface area contributed by atoms with E-state index >= 15 is 0 Å². The lowest BCUT2D eigenvalue weighted by atomic mass is 10.2. The van der Waals surface area contributed by atoms with Crippen molar-refractivity contribution in [3.63, 3.8) is 0 Å². The van der Waals surface area contributed by atoms with Gasteiger partial charge < -0.3 is 16.0 Å². The molecular formula is C15H14Cl2N4. The molecule has 3 aromatic rings. The van der Waals surface area contributed by atoms with Crippen molar-refractivity contribution in [1.82, 2.24) is 9.55 Å². The summed E-state index contributed by atoms with van der Waals surface area (Å²) in [6.07, 6.45) is 0. The van der Waals surface area contributed by atoms with Crippen LogP contribution in [0.4, 0.5) is 5.69 Å². The molecule has 0 saturated heterocycles. The Bertz CT molecular complexity index is 811. The van der Waals surface area contributed by atoms with Gasteiger partial charge in [0.15, 0.2) is 0 Å². The van der Waals surface area contributed by atoms with Gasteiger partial charge in [0.2, 0.25) is 0 Å². The molecule has 1 aromatic heterocycles. The zero-order valence-corrected chi connectivity index (χ0v) is 12.7. The number of nitrogen functional groups attached to an aromatic ring is 1. The Morgan fingerprint density at radius 3 is 2.57 bits per heavy atom. The highest BCUT2D eigenvalue weighted by molar-refractivity contribution is 6.42. The van der Waals surface area contributed by atoms with Crippen LogP contribution >= 0.6 is 23.2 Å². The second-order valence-electron chi connectivity index (χ2n) is 4.76. The molecule has 1 heterocycles. The molecule has 108 valence electrons. The molecular weight excluding hydrogens is 307 g/mol. The SMILES string of the molecule is NCCn1c(-c2cccc(N)c2)nc2cc(Cl)c(Cl)cc21. The maximum atomic E-state index is 6.12. The van der Waals surface area contributed by atoms with E-state index in [0.717, 1.165) is 22.4 Å². The number of benzene rings is 2. The van der Waals surface area contributed by atoms with E-state index in [2.05, 4.69) is 4.98 Å². The lowest BCUT2D eigenvalue weighted by Crippen LogP contribution is -2.11. The molecule has 0 spiro atoms. The summed E-state index contributed by atoms with van der Waals surface area (Å²) >= 11 is 12.2. The molecule has 0 unspecified atom stereocenters. The maximum Gasteiger partial charge on any atom is 0.141 e. The molecule has 0 aliphatic carbocycles. The number of nitrogens with two attached hydrogens (primary N) is 2. The smallest absolute Gasteiger partial charge is 0.141 e. The average Bonchev–Trinajstić information content (AvgIpc) is 2.78. The van der Waals surface area contributed by atoms with Gasteiger partial charge in [-0.05, 0) is 24.3 Å². The topological polar surface area (TPSA) is 69.9 Å². The van der Waals surface area contributed by atoms with Crippen LogP contribution in [-0.2, 0) is 6.54 Å². The van der Waals surface area contributed by atoms with E-state index in [9.17, 15) is 0 Å². The second kappa shape index (κ2) is 5.56. The molecule has 0 fully saturated rings. The van der Waals surface area contributed by atoms with Crippen molar-refractivity contribution in [3.8, 4) is 11.4 Å². The predicted octanol–water partition coefficient (Wildman–Crippen LogP) is 3.55. The van der Waals surface area contributed by atoms with Crippen LogP contribution < -0.4 is 11.5 Å². The van der Waals surface area contributed by atoms with E-state index in [1.165, 1.54) is 0 Å². The first-order valence-electron chi connectivity index (χ1n) is 6.51. The summed E-state index contributed by atoms with van der Waals surface area (Å²) < 4.78 is 2.03. The van der Waals surface area contributed by atoms with Crippen molar-refractivity contribution >= 4 is 39.9 Å². The van der Waals surface area contributed by atoms with Gasteiger partial charge in [0.1, 0.15) is 5.82 Å². The lowest BCUT2D eigenvalue weighted by Gasteiger charge is -2.08. The Morgan fingerprint density at radius 1 is 1.10 bits per heavy atom. The van der Waals surface area contributed by atoms with Gasteiger partial charge in [0, 0.05) is 24.3 Å². The maximum absolute atomic E-state index is 6.12. The Kier molecular flexibility index (Phi) is 3.76. The van der Waals surface area contributed by atoms with Crippen molar-refractivity contribution in [3.05, 3.63) is 46.4 Å². The minimum atomic E-state index is 0.487. The molecule has 6 heteroatoms. The summed E-state index contributed by atoms with van der Waals surface area (Å²) in [6.45, 7) is 1.14. The minimum Gasteiger partial charge on any atom is -0.399 e. The number of imidazole rings is 1. The van der Waals surface area contributed by atoms with Crippen LogP contribution in [-0.4, -0.2) is 16.1 Å². The summed E-state index contributed by atoms with van der Waals surface area (Å²) in [7, 11) is 0. The van der Waals surface area contributed by atoms with Gasteiger partial charge in [-0.2, -0.15) is 0 Å². The van der Waals surface area contributed by atoms with Crippen LogP contribution in [0.25, 0.3) is 22.4 Å². The largest absolute Gasteiger partial charge is 0.399 e. The number of anilines is 1. The predicted molar refractivity (Wildman–Crippen MR) is 88.7 cm³/mol. The molecule has 0 saturated carbocycles. The van der Waals surface area contributed by atoms with Gasteiger partial charge in [-0.3, -0.25) is 0 Å². The second-order valence-corrected chi connectivity index (χ2v) is 5.57. The van der Waals surface area contributed by atoms with Crippen molar-refractivity contribution < 1.29 is 0 Å². The minimum absolute atomic E-state index is 0.487. The van der Waals surface area contributed by atoms with Crippen LogP contribution in [0, 0.1) is 0 Å². The molecule has 0 amide bonds. The standard InChI is InChI=1S/C15H14Cl2N4/c16-11-7-13-14(8-12(11)17)21(5-4-18)15(20-13)9-2-1-3-10(19)6-9/h1-3,6-8H,4-5,18-19H2.